The molecule has 0 unspecified atom stereocenters. The summed E-state index contributed by atoms with van der Waals surface area (Å²) in [5, 5.41) is 0. The van der Waals surface area contributed by atoms with Crippen molar-refractivity contribution in [1.29, 1.82) is 0 Å². The van der Waals surface area contributed by atoms with Crippen molar-refractivity contribution >= 4 is 11.0 Å². The Morgan fingerprint density at radius 3 is 2.71 bits per heavy atom. The van der Waals surface area contributed by atoms with Gasteiger partial charge in [0.15, 0.2) is 0 Å². The van der Waals surface area contributed by atoms with Gasteiger partial charge in [-0.05, 0) is 44.0 Å². The van der Waals surface area contributed by atoms with E-state index in [1.165, 1.54) is 5.56 Å². The van der Waals surface area contributed by atoms with Gasteiger partial charge >= 0.3 is 0 Å². The first-order chi connectivity index (χ1) is 11.7. The highest BCUT2D eigenvalue weighted by Crippen LogP contribution is 2.22. The molecule has 2 aromatic carbocycles. The summed E-state index contributed by atoms with van der Waals surface area (Å²) >= 11 is 0. The van der Waals surface area contributed by atoms with Crippen LogP contribution in [0.3, 0.4) is 0 Å². The lowest BCUT2D eigenvalue weighted by Crippen LogP contribution is -2.09. The molecule has 0 radical (unpaired) electrons. The topological polar surface area (TPSA) is 36.3 Å². The van der Waals surface area contributed by atoms with Crippen LogP contribution in [0, 0.1) is 13.8 Å². The second kappa shape index (κ2) is 7.49. The summed E-state index contributed by atoms with van der Waals surface area (Å²) in [4.78, 5) is 4.75. The van der Waals surface area contributed by atoms with Crippen molar-refractivity contribution in [3.63, 3.8) is 0 Å². The van der Waals surface area contributed by atoms with Gasteiger partial charge in [0.2, 0.25) is 0 Å². The number of benzene rings is 2. The van der Waals surface area contributed by atoms with E-state index in [1.807, 2.05) is 24.3 Å². The van der Waals surface area contributed by atoms with Crippen LogP contribution in [0.5, 0.6) is 5.75 Å². The van der Waals surface area contributed by atoms with Gasteiger partial charge in [-0.1, -0.05) is 29.8 Å². The average Bonchev–Trinajstić information content (AvgIpc) is 2.92. The summed E-state index contributed by atoms with van der Waals surface area (Å²) in [6, 6.07) is 14.5. The molecule has 0 saturated heterocycles. The Labute approximate surface area is 143 Å². The second-order valence-corrected chi connectivity index (χ2v) is 6.07. The number of aromatic nitrogens is 2. The van der Waals surface area contributed by atoms with Crippen LogP contribution in [0.2, 0.25) is 0 Å². The largest absolute Gasteiger partial charge is 0.485 e. The molecular weight excluding hydrogens is 300 g/mol. The molecule has 4 heteroatoms. The van der Waals surface area contributed by atoms with Crippen LogP contribution < -0.4 is 4.74 Å². The third kappa shape index (κ3) is 3.60. The molecular formula is C20H24N2O2. The molecule has 4 nitrogen and oxygen atoms in total. The molecule has 0 atom stereocenters. The van der Waals surface area contributed by atoms with Gasteiger partial charge in [-0.2, -0.15) is 0 Å². The summed E-state index contributed by atoms with van der Waals surface area (Å²) in [6.45, 7) is 6.24. The van der Waals surface area contributed by atoms with E-state index in [0.717, 1.165) is 47.7 Å². The van der Waals surface area contributed by atoms with E-state index in [9.17, 15) is 0 Å². The first-order valence-electron chi connectivity index (χ1n) is 8.32. The number of fused-ring (bicyclic) bond motifs is 1. The van der Waals surface area contributed by atoms with Gasteiger partial charge in [0.25, 0.3) is 0 Å². The van der Waals surface area contributed by atoms with E-state index in [-0.39, 0.29) is 0 Å². The Bertz CT molecular complexity index is 824. The molecule has 3 rings (SSSR count). The molecule has 1 aromatic heterocycles. The van der Waals surface area contributed by atoms with Crippen molar-refractivity contribution in [2.24, 2.45) is 0 Å². The number of rotatable bonds is 7. The van der Waals surface area contributed by atoms with E-state index in [2.05, 4.69) is 36.6 Å². The van der Waals surface area contributed by atoms with Crippen molar-refractivity contribution in [3.05, 3.63) is 59.4 Å². The van der Waals surface area contributed by atoms with Gasteiger partial charge in [0.1, 0.15) is 18.2 Å². The van der Waals surface area contributed by atoms with Crippen LogP contribution in [0.4, 0.5) is 0 Å². The number of hydrogen-bond acceptors (Lipinski definition) is 3. The first kappa shape index (κ1) is 16.5. The molecule has 1 heterocycles. The molecule has 0 bridgehead atoms. The highest BCUT2D eigenvalue weighted by atomic mass is 16.5. The average molecular weight is 324 g/mol. The number of methoxy groups -OCH3 is 1. The molecule has 0 saturated carbocycles. The maximum Gasteiger partial charge on any atom is 0.147 e. The number of hydrogen-bond donors (Lipinski definition) is 0. The highest BCUT2D eigenvalue weighted by molar-refractivity contribution is 5.75. The minimum atomic E-state index is 0.464. The quantitative estimate of drug-likeness (QED) is 0.609. The normalized spacial score (nSPS) is 11.1. The fourth-order valence-electron chi connectivity index (χ4n) is 2.96. The third-order valence-electron chi connectivity index (χ3n) is 4.15. The van der Waals surface area contributed by atoms with Crippen molar-refractivity contribution in [2.75, 3.05) is 13.7 Å². The number of aryl methyl sites for hydroxylation is 3. The Balaban J connectivity index is 1.83. The second-order valence-electron chi connectivity index (χ2n) is 6.07. The Morgan fingerprint density at radius 1 is 1.08 bits per heavy atom. The molecule has 0 spiro atoms. The van der Waals surface area contributed by atoms with Crippen LogP contribution in [0.15, 0.2) is 42.5 Å². The fourth-order valence-corrected chi connectivity index (χ4v) is 2.96. The Hall–Kier alpha value is -2.33. The maximum atomic E-state index is 6.04. The van der Waals surface area contributed by atoms with E-state index >= 15 is 0 Å². The first-order valence-corrected chi connectivity index (χ1v) is 8.32. The van der Waals surface area contributed by atoms with Gasteiger partial charge < -0.3 is 14.0 Å². The fraction of sp³-hybridized carbons (Fsp3) is 0.350. The maximum absolute atomic E-state index is 6.04. The van der Waals surface area contributed by atoms with Crippen molar-refractivity contribution in [2.45, 2.75) is 33.4 Å². The molecule has 0 aliphatic heterocycles. The predicted molar refractivity (Wildman–Crippen MR) is 96.5 cm³/mol. The SMILES string of the molecule is COCCCn1c(COc2ccc(C)cc2C)nc2ccccc21. The van der Waals surface area contributed by atoms with Gasteiger partial charge in [-0.15, -0.1) is 0 Å². The summed E-state index contributed by atoms with van der Waals surface area (Å²) < 4.78 is 13.5. The van der Waals surface area contributed by atoms with Gasteiger partial charge in [0.05, 0.1) is 11.0 Å². The number of para-hydroxylation sites is 2. The molecule has 0 amide bonds. The highest BCUT2D eigenvalue weighted by Gasteiger charge is 2.11. The van der Waals surface area contributed by atoms with Crippen LogP contribution in [0.1, 0.15) is 23.4 Å². The van der Waals surface area contributed by atoms with E-state index < -0.39 is 0 Å². The smallest absolute Gasteiger partial charge is 0.147 e. The summed E-state index contributed by atoms with van der Waals surface area (Å²) in [6.07, 6.45) is 0.952. The minimum absolute atomic E-state index is 0.464. The molecule has 0 aliphatic rings. The summed E-state index contributed by atoms with van der Waals surface area (Å²) in [7, 11) is 1.73. The lowest BCUT2D eigenvalue weighted by molar-refractivity contribution is 0.189. The Morgan fingerprint density at radius 2 is 1.92 bits per heavy atom. The molecule has 0 aliphatic carbocycles. The lowest BCUT2D eigenvalue weighted by atomic mass is 10.1. The van der Waals surface area contributed by atoms with Crippen LogP contribution >= 0.6 is 0 Å². The zero-order chi connectivity index (χ0) is 16.9. The molecule has 126 valence electrons. The van der Waals surface area contributed by atoms with Crippen LogP contribution in [-0.2, 0) is 17.9 Å². The molecule has 0 N–H and O–H groups in total. The van der Waals surface area contributed by atoms with E-state index in [0.29, 0.717) is 6.61 Å². The van der Waals surface area contributed by atoms with E-state index in [1.54, 1.807) is 7.11 Å². The number of imidazole rings is 1. The van der Waals surface area contributed by atoms with Crippen LogP contribution in [0.25, 0.3) is 11.0 Å². The van der Waals surface area contributed by atoms with Gasteiger partial charge in [0, 0.05) is 20.3 Å². The van der Waals surface area contributed by atoms with Crippen molar-refractivity contribution < 1.29 is 9.47 Å². The number of ether oxygens (including phenoxy) is 2. The standard InChI is InChI=1S/C20H24N2O2/c1-15-9-10-19(16(2)13-15)24-14-20-21-17-7-4-5-8-18(17)22(20)11-6-12-23-3/h4-5,7-10,13H,6,11-12,14H2,1-3H3. The van der Waals surface area contributed by atoms with Crippen molar-refractivity contribution in [1.82, 2.24) is 9.55 Å². The van der Waals surface area contributed by atoms with Crippen LogP contribution in [-0.4, -0.2) is 23.3 Å². The third-order valence-corrected chi connectivity index (χ3v) is 4.15. The monoisotopic (exact) mass is 324 g/mol. The predicted octanol–water partition coefficient (Wildman–Crippen LogP) is 4.27. The van der Waals surface area contributed by atoms with Gasteiger partial charge in [-0.25, -0.2) is 4.98 Å². The number of nitrogens with zero attached hydrogens (tertiary/aromatic N) is 2. The Kier molecular flexibility index (Phi) is 5.16. The zero-order valence-electron chi connectivity index (χ0n) is 14.6. The molecule has 24 heavy (non-hydrogen) atoms. The zero-order valence-corrected chi connectivity index (χ0v) is 14.6. The van der Waals surface area contributed by atoms with Crippen molar-refractivity contribution in [3.8, 4) is 5.75 Å². The lowest BCUT2D eigenvalue weighted by Gasteiger charge is -2.12. The minimum Gasteiger partial charge on any atom is -0.485 e. The van der Waals surface area contributed by atoms with E-state index in [4.69, 9.17) is 14.5 Å². The molecule has 0 fully saturated rings. The summed E-state index contributed by atoms with van der Waals surface area (Å²) in [5.41, 5.74) is 4.55. The summed E-state index contributed by atoms with van der Waals surface area (Å²) in [5.74, 6) is 1.86. The molecule has 3 aromatic rings. The van der Waals surface area contributed by atoms with Gasteiger partial charge in [-0.3, -0.25) is 0 Å².